The number of hydrogen-bond donors (Lipinski definition) is 0. The molecule has 0 aromatic heterocycles. The number of rotatable bonds is 0. The van der Waals surface area contributed by atoms with Crippen LogP contribution < -0.4 is 0 Å². The highest BCUT2D eigenvalue weighted by molar-refractivity contribution is 5.20. The molecule has 0 heterocycles. The Morgan fingerprint density at radius 3 is 2.83 bits per heavy atom. The molecule has 0 aromatic rings. The van der Waals surface area contributed by atoms with Gasteiger partial charge in [0.05, 0.1) is 0 Å². The molecule has 2 rings (SSSR count). The molecule has 0 N–H and O–H groups in total. The van der Waals surface area contributed by atoms with Crippen molar-refractivity contribution in [2.24, 2.45) is 11.3 Å². The second kappa shape index (κ2) is 2.90. The molecule has 0 amide bonds. The summed E-state index contributed by atoms with van der Waals surface area (Å²) in [7, 11) is 0. The molecule has 1 fully saturated rings. The Kier molecular flexibility index (Phi) is 2.02. The standard InChI is InChI=1S/C12H20/c1-10-6-5-9-12(2)8-4-3-7-11(10)12/h7,10H,3-6,8-9H2,1-2H3. The van der Waals surface area contributed by atoms with E-state index in [1.807, 2.05) is 0 Å². The van der Waals surface area contributed by atoms with Gasteiger partial charge in [-0.2, -0.15) is 0 Å². The van der Waals surface area contributed by atoms with Crippen molar-refractivity contribution >= 4 is 0 Å². The molecule has 68 valence electrons. The lowest BCUT2D eigenvalue weighted by molar-refractivity contribution is 0.229. The minimum Gasteiger partial charge on any atom is -0.0845 e. The molecule has 0 aromatic carbocycles. The van der Waals surface area contributed by atoms with Crippen LogP contribution in [0.15, 0.2) is 11.6 Å². The van der Waals surface area contributed by atoms with Crippen molar-refractivity contribution in [2.75, 3.05) is 0 Å². The fraction of sp³-hybridized carbons (Fsp3) is 0.833. The van der Waals surface area contributed by atoms with Gasteiger partial charge >= 0.3 is 0 Å². The zero-order valence-corrected chi connectivity index (χ0v) is 8.40. The predicted molar refractivity (Wildman–Crippen MR) is 53.1 cm³/mol. The first-order chi connectivity index (χ1) is 5.72. The molecule has 0 radical (unpaired) electrons. The van der Waals surface area contributed by atoms with Gasteiger partial charge in [-0.25, -0.2) is 0 Å². The molecule has 0 aliphatic heterocycles. The molecular weight excluding hydrogens is 144 g/mol. The molecule has 0 saturated heterocycles. The highest BCUT2D eigenvalue weighted by Crippen LogP contribution is 2.49. The molecule has 0 bridgehead atoms. The predicted octanol–water partition coefficient (Wildman–Crippen LogP) is 3.92. The summed E-state index contributed by atoms with van der Waals surface area (Å²) in [4.78, 5) is 0. The molecule has 1 saturated carbocycles. The minimum absolute atomic E-state index is 0.607. The van der Waals surface area contributed by atoms with Crippen LogP contribution in [0.3, 0.4) is 0 Å². The van der Waals surface area contributed by atoms with E-state index < -0.39 is 0 Å². The largest absolute Gasteiger partial charge is 0.0845 e. The van der Waals surface area contributed by atoms with Gasteiger partial charge in [-0.1, -0.05) is 31.9 Å². The van der Waals surface area contributed by atoms with E-state index in [0.29, 0.717) is 5.41 Å². The van der Waals surface area contributed by atoms with E-state index in [4.69, 9.17) is 0 Å². The first kappa shape index (κ1) is 8.34. The zero-order valence-electron chi connectivity index (χ0n) is 8.40. The van der Waals surface area contributed by atoms with Crippen molar-refractivity contribution in [3.8, 4) is 0 Å². The molecule has 2 aliphatic carbocycles. The summed E-state index contributed by atoms with van der Waals surface area (Å²) >= 11 is 0. The highest BCUT2D eigenvalue weighted by Gasteiger charge is 2.35. The number of hydrogen-bond acceptors (Lipinski definition) is 0. The third-order valence-electron chi connectivity index (χ3n) is 3.89. The topological polar surface area (TPSA) is 0 Å². The van der Waals surface area contributed by atoms with E-state index in [-0.39, 0.29) is 0 Å². The Balaban J connectivity index is 2.27. The van der Waals surface area contributed by atoms with E-state index in [2.05, 4.69) is 19.9 Å². The summed E-state index contributed by atoms with van der Waals surface area (Å²) in [6.45, 7) is 4.89. The molecule has 2 atom stereocenters. The van der Waals surface area contributed by atoms with Gasteiger partial charge in [-0.3, -0.25) is 0 Å². The molecular formula is C12H20. The van der Waals surface area contributed by atoms with Crippen molar-refractivity contribution in [3.05, 3.63) is 11.6 Å². The fourth-order valence-electron chi connectivity index (χ4n) is 3.16. The lowest BCUT2D eigenvalue weighted by Crippen LogP contribution is -2.29. The molecule has 0 spiro atoms. The number of allylic oxidation sites excluding steroid dienone is 2. The average Bonchev–Trinajstić information content (AvgIpc) is 2.04. The first-order valence-corrected chi connectivity index (χ1v) is 5.43. The minimum atomic E-state index is 0.607. The average molecular weight is 164 g/mol. The van der Waals surface area contributed by atoms with Gasteiger partial charge in [-0.15, -0.1) is 0 Å². The van der Waals surface area contributed by atoms with Gasteiger partial charge in [-0.05, 0) is 43.4 Å². The van der Waals surface area contributed by atoms with Crippen LogP contribution in [-0.4, -0.2) is 0 Å². The molecule has 2 unspecified atom stereocenters. The third-order valence-corrected chi connectivity index (χ3v) is 3.89. The molecule has 0 nitrogen and oxygen atoms in total. The van der Waals surface area contributed by atoms with Crippen LogP contribution >= 0.6 is 0 Å². The smallest absolute Gasteiger partial charge is 0.0114 e. The Morgan fingerprint density at radius 1 is 1.33 bits per heavy atom. The Labute approximate surface area is 76.1 Å². The van der Waals surface area contributed by atoms with Crippen molar-refractivity contribution in [2.45, 2.75) is 52.4 Å². The van der Waals surface area contributed by atoms with Crippen LogP contribution in [0, 0.1) is 11.3 Å². The quantitative estimate of drug-likeness (QED) is 0.476. The summed E-state index contributed by atoms with van der Waals surface area (Å²) in [5, 5.41) is 0. The maximum atomic E-state index is 2.54. The second-order valence-electron chi connectivity index (χ2n) is 4.91. The maximum absolute atomic E-state index is 2.54. The van der Waals surface area contributed by atoms with E-state index in [1.54, 1.807) is 5.57 Å². The van der Waals surface area contributed by atoms with Gasteiger partial charge in [0.1, 0.15) is 0 Å². The zero-order chi connectivity index (χ0) is 8.60. The van der Waals surface area contributed by atoms with Crippen LogP contribution in [0.25, 0.3) is 0 Å². The third kappa shape index (κ3) is 1.22. The molecule has 12 heavy (non-hydrogen) atoms. The summed E-state index contributed by atoms with van der Waals surface area (Å²) in [5.41, 5.74) is 2.40. The van der Waals surface area contributed by atoms with Gasteiger partial charge < -0.3 is 0 Å². The van der Waals surface area contributed by atoms with Crippen LogP contribution in [0.5, 0.6) is 0 Å². The summed E-state index contributed by atoms with van der Waals surface area (Å²) < 4.78 is 0. The van der Waals surface area contributed by atoms with Gasteiger partial charge in [0.15, 0.2) is 0 Å². The van der Waals surface area contributed by atoms with Crippen LogP contribution in [-0.2, 0) is 0 Å². The van der Waals surface area contributed by atoms with Crippen LogP contribution in [0.4, 0.5) is 0 Å². The SMILES string of the molecule is CC1CCCC2(C)CCCC=C12. The van der Waals surface area contributed by atoms with Crippen LogP contribution in [0.2, 0.25) is 0 Å². The van der Waals surface area contributed by atoms with Crippen molar-refractivity contribution in [3.63, 3.8) is 0 Å². The fourth-order valence-corrected chi connectivity index (χ4v) is 3.16. The van der Waals surface area contributed by atoms with Gasteiger partial charge in [0.25, 0.3) is 0 Å². The number of fused-ring (bicyclic) bond motifs is 1. The summed E-state index contributed by atoms with van der Waals surface area (Å²) in [6, 6.07) is 0. The van der Waals surface area contributed by atoms with Crippen molar-refractivity contribution < 1.29 is 0 Å². The van der Waals surface area contributed by atoms with E-state index in [1.165, 1.54) is 38.5 Å². The summed E-state index contributed by atoms with van der Waals surface area (Å²) in [5.74, 6) is 0.879. The van der Waals surface area contributed by atoms with Crippen molar-refractivity contribution in [1.82, 2.24) is 0 Å². The Bertz CT molecular complexity index is 202. The second-order valence-corrected chi connectivity index (χ2v) is 4.91. The molecule has 0 heteroatoms. The lowest BCUT2D eigenvalue weighted by Gasteiger charge is -2.42. The van der Waals surface area contributed by atoms with Crippen molar-refractivity contribution in [1.29, 1.82) is 0 Å². The van der Waals surface area contributed by atoms with Gasteiger partial charge in [0.2, 0.25) is 0 Å². The maximum Gasteiger partial charge on any atom is -0.0114 e. The molecule has 2 aliphatic rings. The normalized spacial score (nSPS) is 41.8. The van der Waals surface area contributed by atoms with Gasteiger partial charge in [0, 0.05) is 0 Å². The first-order valence-electron chi connectivity index (χ1n) is 5.43. The highest BCUT2D eigenvalue weighted by atomic mass is 14.4. The van der Waals surface area contributed by atoms with E-state index in [0.717, 1.165) is 5.92 Å². The van der Waals surface area contributed by atoms with E-state index >= 15 is 0 Å². The Morgan fingerprint density at radius 2 is 2.08 bits per heavy atom. The lowest BCUT2D eigenvalue weighted by atomic mass is 9.63. The Hall–Kier alpha value is -0.260. The monoisotopic (exact) mass is 164 g/mol. The van der Waals surface area contributed by atoms with Crippen LogP contribution in [0.1, 0.15) is 52.4 Å². The summed E-state index contributed by atoms with van der Waals surface area (Å²) in [6.07, 6.45) is 11.1. The van der Waals surface area contributed by atoms with E-state index in [9.17, 15) is 0 Å².